The van der Waals surface area contributed by atoms with E-state index in [9.17, 15) is 14.3 Å². The van der Waals surface area contributed by atoms with Crippen molar-refractivity contribution >= 4 is 5.91 Å². The van der Waals surface area contributed by atoms with Gasteiger partial charge in [-0.15, -0.1) is 0 Å². The second-order valence-corrected chi connectivity index (χ2v) is 9.55. The van der Waals surface area contributed by atoms with Crippen LogP contribution in [0.25, 0.3) is 0 Å². The molecule has 0 spiro atoms. The summed E-state index contributed by atoms with van der Waals surface area (Å²) in [4.78, 5) is 14.6. The summed E-state index contributed by atoms with van der Waals surface area (Å²) in [5, 5.41) is 9.65. The van der Waals surface area contributed by atoms with Crippen LogP contribution in [0.1, 0.15) is 78.8 Å². The maximum atomic E-state index is 13.7. The molecule has 1 aliphatic carbocycles. The average Bonchev–Trinajstić information content (AvgIpc) is 3.28. The molecule has 5 heteroatoms. The molecule has 1 aliphatic heterocycles. The number of halogens is 1. The number of ether oxygens (including phenoxy) is 1. The van der Waals surface area contributed by atoms with Crippen molar-refractivity contribution in [2.75, 3.05) is 20.2 Å². The Bertz CT molecular complexity index is 921. The molecule has 1 heterocycles. The van der Waals surface area contributed by atoms with E-state index < -0.39 is 0 Å². The van der Waals surface area contributed by atoms with Gasteiger partial charge in [0.25, 0.3) is 5.91 Å². The lowest BCUT2D eigenvalue weighted by atomic mass is 9.88. The van der Waals surface area contributed by atoms with Gasteiger partial charge in [-0.1, -0.05) is 25.1 Å². The third kappa shape index (κ3) is 5.15. The summed E-state index contributed by atoms with van der Waals surface area (Å²) in [5.74, 6) is 1.60. The predicted molar refractivity (Wildman–Crippen MR) is 124 cm³/mol. The van der Waals surface area contributed by atoms with E-state index in [2.05, 4.69) is 19.1 Å². The van der Waals surface area contributed by atoms with Crippen molar-refractivity contribution in [1.82, 2.24) is 4.90 Å². The Labute approximate surface area is 190 Å². The zero-order valence-electron chi connectivity index (χ0n) is 19.1. The van der Waals surface area contributed by atoms with Gasteiger partial charge in [-0.2, -0.15) is 0 Å². The SMILES string of the molecule is COc1cc([C@@H](C)C[C@H]2CC[C@@H](c3ccc(C(=O)N4CCC(O)CC4)cc3)C2)ccc1F. The van der Waals surface area contributed by atoms with Gasteiger partial charge in [-0.05, 0) is 91.7 Å². The fourth-order valence-corrected chi connectivity index (χ4v) is 5.36. The third-order valence-corrected chi connectivity index (χ3v) is 7.35. The van der Waals surface area contributed by atoms with Crippen LogP contribution in [-0.2, 0) is 0 Å². The van der Waals surface area contributed by atoms with Crippen LogP contribution in [0.3, 0.4) is 0 Å². The number of hydrogen-bond acceptors (Lipinski definition) is 3. The Hall–Kier alpha value is -2.40. The van der Waals surface area contributed by atoms with Gasteiger partial charge in [0.15, 0.2) is 11.6 Å². The molecule has 2 aromatic carbocycles. The van der Waals surface area contributed by atoms with Crippen molar-refractivity contribution in [2.45, 2.75) is 63.4 Å². The van der Waals surface area contributed by atoms with E-state index in [0.717, 1.165) is 24.0 Å². The fourth-order valence-electron chi connectivity index (χ4n) is 5.36. The quantitative estimate of drug-likeness (QED) is 0.646. The van der Waals surface area contributed by atoms with Crippen LogP contribution in [-0.4, -0.2) is 42.2 Å². The topological polar surface area (TPSA) is 49.8 Å². The first kappa shape index (κ1) is 22.8. The van der Waals surface area contributed by atoms with Gasteiger partial charge >= 0.3 is 0 Å². The lowest BCUT2D eigenvalue weighted by Gasteiger charge is -2.29. The van der Waals surface area contributed by atoms with Gasteiger partial charge in [0.05, 0.1) is 13.2 Å². The van der Waals surface area contributed by atoms with Crippen LogP contribution in [0.15, 0.2) is 42.5 Å². The molecule has 32 heavy (non-hydrogen) atoms. The largest absolute Gasteiger partial charge is 0.494 e. The summed E-state index contributed by atoms with van der Waals surface area (Å²) in [6.45, 7) is 3.47. The minimum atomic E-state index is -0.316. The van der Waals surface area contributed by atoms with E-state index in [1.54, 1.807) is 0 Å². The molecular formula is C27H34FNO3. The summed E-state index contributed by atoms with van der Waals surface area (Å²) in [7, 11) is 1.50. The molecule has 1 saturated heterocycles. The minimum Gasteiger partial charge on any atom is -0.494 e. The Morgan fingerprint density at radius 2 is 1.84 bits per heavy atom. The molecule has 0 aromatic heterocycles. The van der Waals surface area contributed by atoms with Crippen molar-refractivity contribution in [1.29, 1.82) is 0 Å². The number of nitrogens with zero attached hydrogens (tertiary/aromatic N) is 1. The van der Waals surface area contributed by atoms with E-state index in [1.165, 1.54) is 31.6 Å². The first-order valence-electron chi connectivity index (χ1n) is 11.8. The molecule has 4 rings (SSSR count). The molecule has 2 fully saturated rings. The fraction of sp³-hybridized carbons (Fsp3) is 0.519. The Kier molecular flexibility index (Phi) is 7.14. The number of aliphatic hydroxyl groups is 1. The van der Waals surface area contributed by atoms with Crippen LogP contribution in [0.5, 0.6) is 5.75 Å². The van der Waals surface area contributed by atoms with Crippen molar-refractivity contribution in [3.05, 3.63) is 65.0 Å². The molecule has 1 amide bonds. The Morgan fingerprint density at radius 1 is 1.12 bits per heavy atom. The monoisotopic (exact) mass is 439 g/mol. The minimum absolute atomic E-state index is 0.0660. The van der Waals surface area contributed by atoms with E-state index in [0.29, 0.717) is 49.4 Å². The smallest absolute Gasteiger partial charge is 0.253 e. The molecule has 1 N–H and O–H groups in total. The number of aliphatic hydroxyl groups excluding tert-OH is 1. The van der Waals surface area contributed by atoms with Crippen molar-refractivity contribution < 1.29 is 19.0 Å². The zero-order valence-corrected chi connectivity index (χ0v) is 19.1. The van der Waals surface area contributed by atoms with Crippen molar-refractivity contribution in [3.63, 3.8) is 0 Å². The predicted octanol–water partition coefficient (Wildman–Crippen LogP) is 5.51. The highest BCUT2D eigenvalue weighted by atomic mass is 19.1. The van der Waals surface area contributed by atoms with Gasteiger partial charge in [0.1, 0.15) is 0 Å². The number of amides is 1. The highest BCUT2D eigenvalue weighted by molar-refractivity contribution is 5.94. The van der Waals surface area contributed by atoms with Gasteiger partial charge in [0, 0.05) is 18.7 Å². The van der Waals surface area contributed by atoms with Crippen LogP contribution >= 0.6 is 0 Å². The second-order valence-electron chi connectivity index (χ2n) is 9.55. The summed E-state index contributed by atoms with van der Waals surface area (Å²) < 4.78 is 18.9. The maximum Gasteiger partial charge on any atom is 0.253 e. The van der Waals surface area contributed by atoms with E-state index in [1.807, 2.05) is 29.2 Å². The molecule has 2 aliphatic rings. The van der Waals surface area contributed by atoms with Crippen LogP contribution in [0.4, 0.5) is 4.39 Å². The Morgan fingerprint density at radius 3 is 2.53 bits per heavy atom. The molecule has 4 nitrogen and oxygen atoms in total. The molecule has 1 saturated carbocycles. The van der Waals surface area contributed by atoms with Crippen LogP contribution in [0.2, 0.25) is 0 Å². The number of rotatable bonds is 6. The molecule has 3 atom stereocenters. The molecule has 172 valence electrons. The average molecular weight is 440 g/mol. The molecule has 0 unspecified atom stereocenters. The number of hydrogen-bond donors (Lipinski definition) is 1. The highest BCUT2D eigenvalue weighted by Crippen LogP contribution is 2.42. The lowest BCUT2D eigenvalue weighted by Crippen LogP contribution is -2.40. The van der Waals surface area contributed by atoms with E-state index in [4.69, 9.17) is 4.74 Å². The number of carbonyl (C=O) groups excluding carboxylic acids is 1. The van der Waals surface area contributed by atoms with Crippen LogP contribution < -0.4 is 4.74 Å². The lowest BCUT2D eigenvalue weighted by molar-refractivity contribution is 0.0546. The normalized spacial score (nSPS) is 22.7. The summed E-state index contributed by atoms with van der Waals surface area (Å²) in [6, 6.07) is 13.4. The summed E-state index contributed by atoms with van der Waals surface area (Å²) >= 11 is 0. The number of carbonyl (C=O) groups is 1. The molecule has 0 radical (unpaired) electrons. The molecule has 0 bridgehead atoms. The van der Waals surface area contributed by atoms with E-state index >= 15 is 0 Å². The van der Waals surface area contributed by atoms with Crippen LogP contribution in [0, 0.1) is 11.7 Å². The van der Waals surface area contributed by atoms with E-state index in [-0.39, 0.29) is 17.8 Å². The zero-order chi connectivity index (χ0) is 22.7. The molecule has 2 aromatic rings. The standard InChI is InChI=1S/C27H34FNO3/c1-18(22-9-10-25(28)26(17-22)32-2)15-19-3-4-23(16-19)20-5-7-21(8-6-20)27(31)29-13-11-24(30)12-14-29/h5-10,17-19,23-24,30H,3-4,11-16H2,1-2H3/t18-,19+,23+/m0/s1. The molecular weight excluding hydrogens is 405 g/mol. The maximum absolute atomic E-state index is 13.7. The highest BCUT2D eigenvalue weighted by Gasteiger charge is 2.28. The van der Waals surface area contributed by atoms with Gasteiger partial charge < -0.3 is 14.7 Å². The van der Waals surface area contributed by atoms with Crippen molar-refractivity contribution in [2.24, 2.45) is 5.92 Å². The summed E-state index contributed by atoms with van der Waals surface area (Å²) in [5.41, 5.74) is 3.17. The number of likely N-dealkylation sites (tertiary alicyclic amines) is 1. The van der Waals surface area contributed by atoms with Gasteiger partial charge in [0.2, 0.25) is 0 Å². The Balaban J connectivity index is 1.32. The summed E-state index contributed by atoms with van der Waals surface area (Å²) in [6.07, 6.45) is 5.66. The number of methoxy groups -OCH3 is 1. The first-order valence-corrected chi connectivity index (χ1v) is 11.8. The van der Waals surface area contributed by atoms with Gasteiger partial charge in [-0.25, -0.2) is 4.39 Å². The first-order chi connectivity index (χ1) is 15.4. The second kappa shape index (κ2) is 10.0. The number of benzene rings is 2. The number of piperidine rings is 1. The van der Waals surface area contributed by atoms with Crippen molar-refractivity contribution in [3.8, 4) is 5.75 Å². The van der Waals surface area contributed by atoms with Gasteiger partial charge in [-0.3, -0.25) is 4.79 Å². The third-order valence-electron chi connectivity index (χ3n) is 7.35.